The summed E-state index contributed by atoms with van der Waals surface area (Å²) in [6.45, 7) is -1.40. The molecule has 7 nitrogen and oxygen atoms in total. The number of ether oxygens (including phenoxy) is 2. The van der Waals surface area contributed by atoms with Crippen LogP contribution in [-0.4, -0.2) is 76.1 Å². The van der Waals surface area contributed by atoms with E-state index in [1.165, 1.54) is 7.11 Å². The highest BCUT2D eigenvalue weighted by Crippen LogP contribution is 2.29. The molecule has 0 aromatic rings. The van der Waals surface area contributed by atoms with E-state index in [0.717, 1.165) is 0 Å². The first-order valence-corrected chi connectivity index (χ1v) is 4.49. The zero-order valence-corrected chi connectivity index (χ0v) is 8.28. The van der Waals surface area contributed by atoms with E-state index in [-0.39, 0.29) is 0 Å². The van der Waals surface area contributed by atoms with Crippen molar-refractivity contribution in [2.24, 2.45) is 0 Å². The molecule has 0 aromatic carbocycles. The molecule has 5 N–H and O–H groups in total. The normalized spacial score (nSPS) is 40.4. The molecule has 4 atom stereocenters. The van der Waals surface area contributed by atoms with Crippen LogP contribution in [0.15, 0.2) is 0 Å². The van der Waals surface area contributed by atoms with Crippen LogP contribution in [-0.2, 0) is 9.47 Å². The van der Waals surface area contributed by atoms with E-state index >= 15 is 0 Å². The van der Waals surface area contributed by atoms with E-state index in [4.69, 9.17) is 19.7 Å². The fourth-order valence-corrected chi connectivity index (χ4v) is 1.53. The lowest BCUT2D eigenvalue weighted by Crippen LogP contribution is -2.67. The predicted molar refractivity (Wildman–Crippen MR) is 46.8 cm³/mol. The van der Waals surface area contributed by atoms with Gasteiger partial charge in [-0.1, -0.05) is 0 Å². The number of rotatable bonds is 3. The zero-order chi connectivity index (χ0) is 11.6. The molecule has 0 spiro atoms. The molecule has 0 bridgehead atoms. The van der Waals surface area contributed by atoms with Crippen LogP contribution in [0.2, 0.25) is 0 Å². The second kappa shape index (κ2) is 4.71. The Morgan fingerprint density at radius 1 is 1.13 bits per heavy atom. The van der Waals surface area contributed by atoms with Crippen LogP contribution in [0.1, 0.15) is 0 Å². The third-order valence-electron chi connectivity index (χ3n) is 2.61. The first kappa shape index (κ1) is 12.8. The summed E-state index contributed by atoms with van der Waals surface area (Å²) in [7, 11) is 1.23. The van der Waals surface area contributed by atoms with Gasteiger partial charge < -0.3 is 35.0 Å². The molecule has 1 aliphatic heterocycles. The van der Waals surface area contributed by atoms with Gasteiger partial charge in [-0.3, -0.25) is 0 Å². The van der Waals surface area contributed by atoms with Crippen LogP contribution in [0.4, 0.5) is 0 Å². The Labute approximate surface area is 86.5 Å². The van der Waals surface area contributed by atoms with E-state index in [1.807, 2.05) is 0 Å². The van der Waals surface area contributed by atoms with Crippen LogP contribution in [0.25, 0.3) is 0 Å². The maximum atomic E-state index is 9.56. The lowest BCUT2D eigenvalue weighted by Gasteiger charge is -2.46. The van der Waals surface area contributed by atoms with Crippen molar-refractivity contribution in [3.63, 3.8) is 0 Å². The highest BCUT2D eigenvalue weighted by molar-refractivity contribution is 4.99. The molecule has 0 saturated carbocycles. The monoisotopic (exact) mass is 224 g/mol. The topological polar surface area (TPSA) is 120 Å². The zero-order valence-electron chi connectivity index (χ0n) is 8.28. The summed E-state index contributed by atoms with van der Waals surface area (Å²) < 4.78 is 9.75. The number of hydrogen-bond donors (Lipinski definition) is 5. The number of hydrogen-bond acceptors (Lipinski definition) is 7. The molecule has 1 heterocycles. The van der Waals surface area contributed by atoms with E-state index < -0.39 is 43.4 Å². The number of methoxy groups -OCH3 is 1. The standard InChI is InChI=1S/C8H16O7/c1-14-7-5(12)4(11)6(13)8(2-9,3-10)15-7/h4-7,9-13H,2-3H2,1H3/t4-,5-,6+,7?/m1/s1. The van der Waals surface area contributed by atoms with Crippen molar-refractivity contribution in [1.82, 2.24) is 0 Å². The first-order valence-electron chi connectivity index (χ1n) is 4.49. The van der Waals surface area contributed by atoms with Crippen molar-refractivity contribution in [1.29, 1.82) is 0 Å². The Balaban J connectivity index is 2.91. The third kappa shape index (κ3) is 2.00. The lowest BCUT2D eigenvalue weighted by molar-refractivity contribution is -0.339. The van der Waals surface area contributed by atoms with Gasteiger partial charge in [0.15, 0.2) is 6.29 Å². The molecule has 1 fully saturated rings. The molecule has 0 aromatic heterocycles. The van der Waals surface area contributed by atoms with Gasteiger partial charge in [0.05, 0.1) is 13.2 Å². The molecular formula is C8H16O7. The fourth-order valence-electron chi connectivity index (χ4n) is 1.53. The Bertz CT molecular complexity index is 203. The highest BCUT2D eigenvalue weighted by atomic mass is 16.7. The van der Waals surface area contributed by atoms with Crippen molar-refractivity contribution >= 4 is 0 Å². The van der Waals surface area contributed by atoms with Crippen molar-refractivity contribution in [3.05, 3.63) is 0 Å². The van der Waals surface area contributed by atoms with Gasteiger partial charge in [0.2, 0.25) is 0 Å². The molecule has 0 radical (unpaired) electrons. The number of aliphatic hydroxyl groups is 5. The van der Waals surface area contributed by atoms with E-state index in [2.05, 4.69) is 0 Å². The molecule has 0 amide bonds. The summed E-state index contributed by atoms with van der Waals surface area (Å²) in [5.74, 6) is 0. The minimum atomic E-state index is -1.72. The quantitative estimate of drug-likeness (QED) is 0.342. The van der Waals surface area contributed by atoms with Gasteiger partial charge in [0.1, 0.15) is 23.9 Å². The molecule has 7 heteroatoms. The molecule has 1 saturated heterocycles. The average molecular weight is 224 g/mol. The summed E-state index contributed by atoms with van der Waals surface area (Å²) in [6, 6.07) is 0. The van der Waals surface area contributed by atoms with Crippen LogP contribution < -0.4 is 0 Å². The third-order valence-corrected chi connectivity index (χ3v) is 2.61. The summed E-state index contributed by atoms with van der Waals surface area (Å²) in [6.07, 6.45) is -5.78. The van der Waals surface area contributed by atoms with Crippen molar-refractivity contribution in [3.8, 4) is 0 Å². The van der Waals surface area contributed by atoms with Gasteiger partial charge in [-0.2, -0.15) is 0 Å². The molecule has 1 aliphatic rings. The smallest absolute Gasteiger partial charge is 0.186 e. The minimum Gasteiger partial charge on any atom is -0.393 e. The number of aliphatic hydroxyl groups excluding tert-OH is 5. The van der Waals surface area contributed by atoms with Gasteiger partial charge in [-0.05, 0) is 0 Å². The van der Waals surface area contributed by atoms with E-state index in [0.29, 0.717) is 0 Å². The summed E-state index contributed by atoms with van der Waals surface area (Å²) in [5.41, 5.74) is -1.72. The molecular weight excluding hydrogens is 208 g/mol. The van der Waals surface area contributed by atoms with Crippen molar-refractivity contribution in [2.45, 2.75) is 30.2 Å². The van der Waals surface area contributed by atoms with Gasteiger partial charge in [-0.25, -0.2) is 0 Å². The van der Waals surface area contributed by atoms with Crippen LogP contribution in [0.3, 0.4) is 0 Å². The molecule has 1 unspecified atom stereocenters. The summed E-state index contributed by atoms with van der Waals surface area (Å²) in [4.78, 5) is 0. The average Bonchev–Trinajstić information content (AvgIpc) is 2.27. The Hall–Kier alpha value is -0.280. The maximum Gasteiger partial charge on any atom is 0.186 e. The Morgan fingerprint density at radius 3 is 2.07 bits per heavy atom. The highest BCUT2D eigenvalue weighted by Gasteiger charge is 2.53. The second-order valence-electron chi connectivity index (χ2n) is 3.53. The molecule has 1 rings (SSSR count). The fraction of sp³-hybridized carbons (Fsp3) is 1.00. The summed E-state index contributed by atoms with van der Waals surface area (Å²) in [5, 5.41) is 46.5. The Kier molecular flexibility index (Phi) is 4.01. The Morgan fingerprint density at radius 2 is 1.67 bits per heavy atom. The van der Waals surface area contributed by atoms with E-state index in [9.17, 15) is 15.3 Å². The second-order valence-corrected chi connectivity index (χ2v) is 3.53. The van der Waals surface area contributed by atoms with Crippen LogP contribution in [0, 0.1) is 0 Å². The van der Waals surface area contributed by atoms with E-state index in [1.54, 1.807) is 0 Å². The van der Waals surface area contributed by atoms with Crippen LogP contribution >= 0.6 is 0 Å². The summed E-state index contributed by atoms with van der Waals surface area (Å²) >= 11 is 0. The SMILES string of the molecule is COC1OC(CO)(CO)[C@@H](O)[C@H](O)[C@H]1O. The maximum absolute atomic E-state index is 9.56. The minimum absolute atomic E-state index is 0.700. The lowest BCUT2D eigenvalue weighted by atomic mass is 9.88. The van der Waals surface area contributed by atoms with Crippen molar-refractivity contribution < 1.29 is 35.0 Å². The molecule has 0 aliphatic carbocycles. The molecule has 15 heavy (non-hydrogen) atoms. The van der Waals surface area contributed by atoms with Gasteiger partial charge in [-0.15, -0.1) is 0 Å². The molecule has 90 valence electrons. The van der Waals surface area contributed by atoms with Crippen LogP contribution in [0.5, 0.6) is 0 Å². The van der Waals surface area contributed by atoms with Crippen molar-refractivity contribution in [2.75, 3.05) is 20.3 Å². The van der Waals surface area contributed by atoms with Gasteiger partial charge in [0.25, 0.3) is 0 Å². The first-order chi connectivity index (χ1) is 7.02. The van der Waals surface area contributed by atoms with Gasteiger partial charge in [0, 0.05) is 7.11 Å². The predicted octanol–water partition coefficient (Wildman–Crippen LogP) is -3.20. The largest absolute Gasteiger partial charge is 0.393 e. The van der Waals surface area contributed by atoms with Gasteiger partial charge >= 0.3 is 0 Å².